The highest BCUT2D eigenvalue weighted by Gasteiger charge is 2.62. The Hall–Kier alpha value is -3.85. The summed E-state index contributed by atoms with van der Waals surface area (Å²) in [6, 6.07) is 67.9. The molecule has 6 aromatic rings. The maximum absolute atomic E-state index is 8.28. The van der Waals surface area contributed by atoms with Crippen molar-refractivity contribution in [2.75, 3.05) is 0 Å². The topological polar surface area (TPSA) is 9.23 Å². The summed E-state index contributed by atoms with van der Waals surface area (Å²) in [6.07, 6.45) is 0. The largest absolute Gasteiger partial charge is 0.458 e. The Bertz CT molecular complexity index is 1470. The van der Waals surface area contributed by atoms with Gasteiger partial charge in [0.25, 0.3) is 0 Å². The summed E-state index contributed by atoms with van der Waals surface area (Å²) < 4.78 is 8.28. The molecule has 0 heterocycles. The Kier molecular flexibility index (Phi) is 8.91. The van der Waals surface area contributed by atoms with Gasteiger partial charge in [0, 0.05) is 0 Å². The van der Waals surface area contributed by atoms with E-state index in [0.29, 0.717) is 0 Å². The minimum absolute atomic E-state index is 1.43. The fraction of sp³-hybridized carbons (Fsp3) is 0.100. The monoisotopic (exact) mass is 650 g/mol. The molecule has 0 spiro atoms. The molecule has 0 fully saturated rings. The van der Waals surface area contributed by atoms with Crippen molar-refractivity contribution in [2.24, 2.45) is 0 Å². The fourth-order valence-electron chi connectivity index (χ4n) is 8.01. The summed E-state index contributed by atoms with van der Waals surface area (Å²) in [5.41, 5.74) is 0. The van der Waals surface area contributed by atoms with E-state index in [9.17, 15) is 0 Å². The van der Waals surface area contributed by atoms with Gasteiger partial charge in [0.15, 0.2) is 30.9 Å². The van der Waals surface area contributed by atoms with Crippen molar-refractivity contribution in [1.29, 1.82) is 0 Å². The third-order valence-electron chi connectivity index (χ3n) is 9.56. The molecule has 0 aromatic heterocycles. The maximum Gasteiger partial charge on any atom is 0.176 e. The molecule has 0 N–H and O–H groups in total. The average Bonchev–Trinajstić information content (AvgIpc) is 3.08. The molecule has 45 heavy (non-hydrogen) atoms. The van der Waals surface area contributed by atoms with Crippen molar-refractivity contribution in [3.05, 3.63) is 182 Å². The minimum Gasteiger partial charge on any atom is -0.458 e. The quantitative estimate of drug-likeness (QED) is 0.132. The first-order valence-corrected chi connectivity index (χ1v) is 27.7. The second kappa shape index (κ2) is 12.9. The molecule has 6 rings (SSSR count). The highest BCUT2D eigenvalue weighted by Crippen LogP contribution is 2.30. The predicted molar refractivity (Wildman–Crippen MR) is 204 cm³/mol. The molecule has 0 aliphatic carbocycles. The molecular formula is C40H42OSi4. The Labute approximate surface area is 273 Å². The second-order valence-corrected chi connectivity index (χ2v) is 37.9. The van der Waals surface area contributed by atoms with Crippen LogP contribution in [0.2, 0.25) is 26.2 Å². The minimum atomic E-state index is -2.67. The zero-order valence-electron chi connectivity index (χ0n) is 26.7. The Morgan fingerprint density at radius 3 is 0.578 bits per heavy atom. The lowest BCUT2D eigenvalue weighted by molar-refractivity contribution is 0.584. The zero-order valence-corrected chi connectivity index (χ0v) is 30.7. The van der Waals surface area contributed by atoms with Gasteiger partial charge in [-0.15, -0.1) is 0 Å². The van der Waals surface area contributed by atoms with E-state index in [2.05, 4.69) is 208 Å². The van der Waals surface area contributed by atoms with Crippen molar-refractivity contribution in [1.82, 2.24) is 0 Å². The standard InChI is InChI=1S/C40H42OSi4/c1-42(2,44(35-23-11-5-12-24-35,36-25-13-6-14-26-36)37-27-15-7-16-28-37)41-43(3,4)45(38-29-17-8-18-30-38,39-31-19-9-20-32-39)40-33-21-10-22-34-40/h5-34H,1-4H3. The predicted octanol–water partition coefficient (Wildman–Crippen LogP) is 5.91. The molecule has 0 amide bonds. The average molecular weight is 651 g/mol. The lowest BCUT2D eigenvalue weighted by Crippen LogP contribution is -2.88. The van der Waals surface area contributed by atoms with Gasteiger partial charge in [0.1, 0.15) is 0 Å². The van der Waals surface area contributed by atoms with Gasteiger partial charge in [0.05, 0.1) is 0 Å². The maximum atomic E-state index is 8.28. The van der Waals surface area contributed by atoms with Crippen LogP contribution in [0.25, 0.3) is 0 Å². The zero-order chi connectivity index (χ0) is 31.4. The summed E-state index contributed by atoms with van der Waals surface area (Å²) in [7, 11) is -10.6. The van der Waals surface area contributed by atoms with Gasteiger partial charge < -0.3 is 4.12 Å². The highest BCUT2D eigenvalue weighted by atomic mass is 29.3. The van der Waals surface area contributed by atoms with Crippen molar-refractivity contribution in [2.45, 2.75) is 26.2 Å². The summed E-state index contributed by atoms with van der Waals surface area (Å²) >= 11 is 0. The van der Waals surface area contributed by atoms with E-state index in [1.807, 2.05) is 0 Å². The molecule has 6 aromatic carbocycles. The second-order valence-electron chi connectivity index (χ2n) is 12.8. The van der Waals surface area contributed by atoms with Gasteiger partial charge in [-0.3, -0.25) is 0 Å². The first-order valence-electron chi connectivity index (χ1n) is 15.9. The van der Waals surface area contributed by atoms with E-state index in [0.717, 1.165) is 0 Å². The lowest BCUT2D eigenvalue weighted by Gasteiger charge is -2.53. The van der Waals surface area contributed by atoms with Crippen LogP contribution in [0.3, 0.4) is 0 Å². The molecule has 5 heteroatoms. The number of hydrogen-bond donors (Lipinski definition) is 0. The molecule has 224 valence electrons. The van der Waals surface area contributed by atoms with E-state index < -0.39 is 30.9 Å². The molecule has 0 saturated carbocycles. The van der Waals surface area contributed by atoms with Gasteiger partial charge in [-0.1, -0.05) is 182 Å². The van der Waals surface area contributed by atoms with Crippen LogP contribution in [0.4, 0.5) is 0 Å². The van der Waals surface area contributed by atoms with E-state index in [1.165, 1.54) is 31.1 Å². The lowest BCUT2D eigenvalue weighted by atomic mass is 10.3. The molecule has 0 aliphatic heterocycles. The SMILES string of the molecule is C[Si](C)(O[Si](C)(C)[Si](c1ccccc1)(c1ccccc1)c1ccccc1)[Si](c1ccccc1)(c1ccccc1)c1ccccc1. The van der Waals surface area contributed by atoms with E-state index in [4.69, 9.17) is 4.12 Å². The first kappa shape index (κ1) is 31.1. The van der Waals surface area contributed by atoms with Crippen LogP contribution in [-0.4, -0.2) is 30.9 Å². The molecule has 1 nitrogen and oxygen atoms in total. The fourth-order valence-corrected chi connectivity index (χ4v) is 48.4. The van der Waals surface area contributed by atoms with E-state index in [1.54, 1.807) is 0 Å². The molecule has 0 atom stereocenters. The van der Waals surface area contributed by atoms with E-state index in [-0.39, 0.29) is 0 Å². The third-order valence-corrected chi connectivity index (χ3v) is 42.3. The Morgan fingerprint density at radius 1 is 0.267 bits per heavy atom. The first-order chi connectivity index (χ1) is 21.8. The molecule has 0 aliphatic rings. The Morgan fingerprint density at radius 2 is 0.422 bits per heavy atom. The van der Waals surface area contributed by atoms with Crippen LogP contribution >= 0.6 is 0 Å². The number of rotatable bonds is 10. The normalized spacial score (nSPS) is 12.5. The molecular weight excluding hydrogens is 609 g/mol. The van der Waals surface area contributed by atoms with Gasteiger partial charge in [0.2, 0.25) is 0 Å². The van der Waals surface area contributed by atoms with E-state index >= 15 is 0 Å². The van der Waals surface area contributed by atoms with Gasteiger partial charge in [-0.25, -0.2) is 0 Å². The summed E-state index contributed by atoms with van der Waals surface area (Å²) in [5.74, 6) is 0. The van der Waals surface area contributed by atoms with Crippen molar-refractivity contribution < 1.29 is 4.12 Å². The van der Waals surface area contributed by atoms with Crippen molar-refractivity contribution >= 4 is 62.0 Å². The van der Waals surface area contributed by atoms with Crippen LogP contribution in [0.1, 0.15) is 0 Å². The summed E-state index contributed by atoms with van der Waals surface area (Å²) in [5, 5.41) is 8.56. The van der Waals surface area contributed by atoms with Gasteiger partial charge in [-0.2, -0.15) is 0 Å². The smallest absolute Gasteiger partial charge is 0.176 e. The number of benzene rings is 6. The molecule has 0 unspecified atom stereocenters. The van der Waals surface area contributed by atoms with Crippen LogP contribution in [-0.2, 0) is 4.12 Å². The molecule has 0 radical (unpaired) electrons. The van der Waals surface area contributed by atoms with Gasteiger partial charge in [-0.05, 0) is 57.3 Å². The number of hydrogen-bond acceptors (Lipinski definition) is 1. The van der Waals surface area contributed by atoms with Crippen LogP contribution in [0.5, 0.6) is 0 Å². The van der Waals surface area contributed by atoms with Crippen molar-refractivity contribution in [3.8, 4) is 0 Å². The Balaban J connectivity index is 1.66. The summed E-state index contributed by atoms with van der Waals surface area (Å²) in [6.45, 7) is 10.1. The van der Waals surface area contributed by atoms with Crippen molar-refractivity contribution in [3.63, 3.8) is 0 Å². The third kappa shape index (κ3) is 5.39. The van der Waals surface area contributed by atoms with Crippen LogP contribution in [0.15, 0.2) is 182 Å². The molecule has 0 saturated heterocycles. The highest BCUT2D eigenvalue weighted by molar-refractivity contribution is 7.59. The molecule has 0 bridgehead atoms. The summed E-state index contributed by atoms with van der Waals surface area (Å²) in [4.78, 5) is 0. The van der Waals surface area contributed by atoms with Crippen LogP contribution in [0, 0.1) is 0 Å². The van der Waals surface area contributed by atoms with Crippen LogP contribution < -0.4 is 31.1 Å². The van der Waals surface area contributed by atoms with Gasteiger partial charge >= 0.3 is 0 Å².